The van der Waals surface area contributed by atoms with E-state index in [0.29, 0.717) is 12.1 Å². The van der Waals surface area contributed by atoms with Gasteiger partial charge in [-0.1, -0.05) is 0 Å². The van der Waals surface area contributed by atoms with Crippen LogP contribution >= 0.6 is 0 Å². The van der Waals surface area contributed by atoms with E-state index in [9.17, 15) is 26.3 Å². The second-order valence-electron chi connectivity index (χ2n) is 1.97. The van der Waals surface area contributed by atoms with Crippen molar-refractivity contribution in [2.75, 3.05) is 0 Å². The molecule has 8 heteroatoms. The van der Waals surface area contributed by atoms with Crippen LogP contribution in [0.2, 0.25) is 0 Å². The van der Waals surface area contributed by atoms with Gasteiger partial charge in [-0.2, -0.15) is 36.9 Å². The number of nitriles is 2. The molecule has 76 valence electrons. The van der Waals surface area contributed by atoms with Gasteiger partial charge >= 0.3 is 12.4 Å². The van der Waals surface area contributed by atoms with E-state index in [1.807, 2.05) is 0 Å². The summed E-state index contributed by atoms with van der Waals surface area (Å²) in [4.78, 5) is 0. The fourth-order valence-electron chi connectivity index (χ4n) is 0.522. The van der Waals surface area contributed by atoms with E-state index < -0.39 is 23.5 Å². The predicted octanol–water partition coefficient (Wildman–Crippen LogP) is 2.45. The zero-order chi connectivity index (χ0) is 11.6. The van der Waals surface area contributed by atoms with Gasteiger partial charge in [-0.25, -0.2) is 0 Å². The maximum Gasteiger partial charge on any atom is 0.427 e. The molecular weight excluding hydrogens is 214 g/mol. The third kappa shape index (κ3) is 2.66. The second-order valence-corrected chi connectivity index (χ2v) is 1.97. The summed E-state index contributed by atoms with van der Waals surface area (Å²) in [5.41, 5.74) is -5.07. The van der Waals surface area contributed by atoms with Crippen LogP contribution in [0, 0.1) is 22.7 Å². The smallest absolute Gasteiger partial charge is 0.192 e. The molecule has 0 aromatic rings. The molecule has 0 N–H and O–H groups in total. The molecule has 0 unspecified atom stereocenters. The number of alkyl halides is 6. The molecule has 0 fully saturated rings. The summed E-state index contributed by atoms with van der Waals surface area (Å²) in [7, 11) is 0. The highest BCUT2D eigenvalue weighted by molar-refractivity contribution is 5.42. The van der Waals surface area contributed by atoms with Crippen LogP contribution in [0.25, 0.3) is 0 Å². The van der Waals surface area contributed by atoms with Crippen LogP contribution in [0.4, 0.5) is 26.3 Å². The van der Waals surface area contributed by atoms with Crippen molar-refractivity contribution in [1.82, 2.24) is 0 Å². The third-order valence-electron chi connectivity index (χ3n) is 1.04. The molecule has 0 radical (unpaired) electrons. The molecule has 0 bridgehead atoms. The van der Waals surface area contributed by atoms with Crippen LogP contribution < -0.4 is 0 Å². The van der Waals surface area contributed by atoms with Gasteiger partial charge in [-0.3, -0.25) is 0 Å². The van der Waals surface area contributed by atoms with Gasteiger partial charge in [0, 0.05) is 0 Å². The van der Waals surface area contributed by atoms with Gasteiger partial charge in [0.15, 0.2) is 11.1 Å². The number of nitrogens with zero attached hydrogens (tertiary/aromatic N) is 2. The number of hydrogen-bond acceptors (Lipinski definition) is 2. The molecule has 0 saturated carbocycles. The molecule has 0 saturated heterocycles. The first-order chi connectivity index (χ1) is 6.14. The van der Waals surface area contributed by atoms with Gasteiger partial charge < -0.3 is 0 Å². The van der Waals surface area contributed by atoms with E-state index in [-0.39, 0.29) is 0 Å². The highest BCUT2D eigenvalue weighted by Gasteiger charge is 2.46. The summed E-state index contributed by atoms with van der Waals surface area (Å²) >= 11 is 0. The lowest BCUT2D eigenvalue weighted by atomic mass is 10.1. The Morgan fingerprint density at radius 1 is 0.714 bits per heavy atom. The molecule has 0 amide bonds. The molecule has 0 atom stereocenters. The van der Waals surface area contributed by atoms with Gasteiger partial charge in [-0.15, -0.1) is 0 Å². The molecule has 0 rings (SSSR count). The standard InChI is InChI=1S/C6F6N2/c7-5(8,9)3(1-13)4(2-14)6(10,11)12/b4-3-. The van der Waals surface area contributed by atoms with Crippen LogP contribution in [0.15, 0.2) is 11.1 Å². The second kappa shape index (κ2) is 3.58. The van der Waals surface area contributed by atoms with Crippen molar-refractivity contribution in [3.05, 3.63) is 11.1 Å². The van der Waals surface area contributed by atoms with E-state index >= 15 is 0 Å². The molecular formula is C6F6N2. The zero-order valence-corrected chi connectivity index (χ0v) is 6.16. The van der Waals surface area contributed by atoms with Gasteiger partial charge in [0.25, 0.3) is 0 Å². The normalized spacial score (nSPS) is 14.0. The quantitative estimate of drug-likeness (QED) is 0.459. The van der Waals surface area contributed by atoms with Gasteiger partial charge in [-0.05, 0) is 0 Å². The van der Waals surface area contributed by atoms with Crippen LogP contribution in [-0.2, 0) is 0 Å². The molecule has 0 aliphatic heterocycles. The predicted molar refractivity (Wildman–Crippen MR) is 30.4 cm³/mol. The van der Waals surface area contributed by atoms with E-state index in [1.54, 1.807) is 0 Å². The van der Waals surface area contributed by atoms with E-state index in [0.717, 1.165) is 0 Å². The first kappa shape index (κ1) is 12.3. The van der Waals surface area contributed by atoms with Gasteiger partial charge in [0.1, 0.15) is 12.1 Å². The summed E-state index contributed by atoms with van der Waals surface area (Å²) in [6.07, 6.45) is -11.0. The summed E-state index contributed by atoms with van der Waals surface area (Å²) in [6.45, 7) is 0. The number of halogens is 6. The SMILES string of the molecule is N#C/C(=C(\C#N)C(F)(F)F)C(F)(F)F. The van der Waals surface area contributed by atoms with Crippen molar-refractivity contribution in [2.45, 2.75) is 12.4 Å². The molecule has 0 aromatic carbocycles. The van der Waals surface area contributed by atoms with Crippen molar-refractivity contribution in [3.63, 3.8) is 0 Å². The summed E-state index contributed by atoms with van der Waals surface area (Å²) in [5, 5.41) is 15.7. The Balaban J connectivity index is 5.68. The molecule has 2 nitrogen and oxygen atoms in total. The Bertz CT molecular complexity index is 299. The van der Waals surface area contributed by atoms with E-state index in [4.69, 9.17) is 10.5 Å². The van der Waals surface area contributed by atoms with Crippen molar-refractivity contribution >= 4 is 0 Å². The Morgan fingerprint density at radius 2 is 0.929 bits per heavy atom. The first-order valence-electron chi connectivity index (χ1n) is 2.83. The van der Waals surface area contributed by atoms with E-state index in [1.165, 1.54) is 0 Å². The number of allylic oxidation sites excluding steroid dienone is 2. The first-order valence-corrected chi connectivity index (χ1v) is 2.83. The Morgan fingerprint density at radius 3 is 1.00 bits per heavy atom. The van der Waals surface area contributed by atoms with Crippen LogP contribution in [0.5, 0.6) is 0 Å². The van der Waals surface area contributed by atoms with E-state index in [2.05, 4.69) is 0 Å². The van der Waals surface area contributed by atoms with Crippen LogP contribution in [0.1, 0.15) is 0 Å². The van der Waals surface area contributed by atoms with Gasteiger partial charge in [0.05, 0.1) is 0 Å². The Labute approximate surface area is 73.7 Å². The van der Waals surface area contributed by atoms with Crippen LogP contribution in [-0.4, -0.2) is 12.4 Å². The largest absolute Gasteiger partial charge is 0.427 e. The maximum atomic E-state index is 11.8. The molecule has 14 heavy (non-hydrogen) atoms. The fraction of sp³-hybridized carbons (Fsp3) is 0.333. The average Bonchev–Trinajstić information content (AvgIpc) is 1.94. The number of rotatable bonds is 0. The summed E-state index contributed by atoms with van der Waals surface area (Å²) in [5.74, 6) is 0. The zero-order valence-electron chi connectivity index (χ0n) is 6.16. The minimum absolute atomic E-state index is 0.312. The Hall–Kier alpha value is -1.70. The Kier molecular flexibility index (Phi) is 3.15. The van der Waals surface area contributed by atoms with Crippen molar-refractivity contribution in [2.24, 2.45) is 0 Å². The molecule has 0 aliphatic rings. The molecule has 0 spiro atoms. The number of hydrogen-bond donors (Lipinski definition) is 0. The molecule has 0 aromatic heterocycles. The summed E-state index contributed by atoms with van der Waals surface area (Å²) in [6, 6.07) is 0.623. The van der Waals surface area contributed by atoms with Gasteiger partial charge in [0.2, 0.25) is 0 Å². The van der Waals surface area contributed by atoms with Crippen molar-refractivity contribution in [3.8, 4) is 12.1 Å². The third-order valence-corrected chi connectivity index (χ3v) is 1.04. The highest BCUT2D eigenvalue weighted by atomic mass is 19.4. The lowest BCUT2D eigenvalue weighted by Crippen LogP contribution is -2.20. The minimum atomic E-state index is -5.48. The summed E-state index contributed by atoms with van der Waals surface area (Å²) < 4.78 is 70.5. The van der Waals surface area contributed by atoms with Crippen molar-refractivity contribution < 1.29 is 26.3 Å². The maximum absolute atomic E-state index is 11.8. The molecule has 0 aliphatic carbocycles. The lowest BCUT2D eigenvalue weighted by Gasteiger charge is -2.09. The highest BCUT2D eigenvalue weighted by Crippen LogP contribution is 2.35. The monoisotopic (exact) mass is 214 g/mol. The fourth-order valence-corrected chi connectivity index (χ4v) is 0.522. The average molecular weight is 214 g/mol. The minimum Gasteiger partial charge on any atom is -0.192 e. The lowest BCUT2D eigenvalue weighted by molar-refractivity contribution is -0.109. The topological polar surface area (TPSA) is 47.6 Å². The molecule has 0 heterocycles. The van der Waals surface area contributed by atoms with Crippen LogP contribution in [0.3, 0.4) is 0 Å². The van der Waals surface area contributed by atoms with Crippen molar-refractivity contribution in [1.29, 1.82) is 10.5 Å².